The lowest BCUT2D eigenvalue weighted by atomic mass is 9.69. The third-order valence-electron chi connectivity index (χ3n) is 9.07. The summed E-state index contributed by atoms with van der Waals surface area (Å²) in [6, 6.07) is 7.74. The Morgan fingerprint density at radius 3 is 1.74 bits per heavy atom. The van der Waals surface area contributed by atoms with Crippen molar-refractivity contribution in [2.24, 2.45) is 0 Å². The number of amides is 3. The summed E-state index contributed by atoms with van der Waals surface area (Å²) >= 11 is 0. The van der Waals surface area contributed by atoms with Crippen molar-refractivity contribution < 1.29 is 37.0 Å². The number of urea groups is 1. The number of carbonyl (C=O) groups excluding carboxylic acids is 2. The van der Waals surface area contributed by atoms with Crippen molar-refractivity contribution >= 4 is 29.0 Å². The van der Waals surface area contributed by atoms with E-state index in [0.29, 0.717) is 52.6 Å². The number of halogens is 3. The van der Waals surface area contributed by atoms with E-state index in [9.17, 15) is 22.8 Å². The molecule has 0 spiro atoms. The molecule has 1 N–H and O–H groups in total. The Balaban J connectivity index is 1.45. The van der Waals surface area contributed by atoms with Gasteiger partial charge in [-0.25, -0.2) is 9.69 Å². The molecule has 6 rings (SSSR count). The van der Waals surface area contributed by atoms with E-state index in [2.05, 4.69) is 29.8 Å². The van der Waals surface area contributed by atoms with Crippen molar-refractivity contribution in [3.05, 3.63) is 72.3 Å². The van der Waals surface area contributed by atoms with Crippen LogP contribution in [0.2, 0.25) is 0 Å². The minimum atomic E-state index is -4.88. The van der Waals surface area contributed by atoms with Crippen molar-refractivity contribution in [3.8, 4) is 5.75 Å². The normalized spacial score (nSPS) is 22.1. The van der Waals surface area contributed by atoms with E-state index in [4.69, 9.17) is 9.47 Å². The molecule has 46 heavy (non-hydrogen) atoms. The lowest BCUT2D eigenvalue weighted by molar-refractivity contribution is -0.274. The van der Waals surface area contributed by atoms with Crippen molar-refractivity contribution in [1.29, 1.82) is 0 Å². The number of ether oxygens (including phenoxy) is 3. The smallest absolute Gasteiger partial charge is 0.406 e. The highest BCUT2D eigenvalue weighted by molar-refractivity contribution is 6.24. The van der Waals surface area contributed by atoms with Crippen LogP contribution < -0.4 is 24.8 Å². The van der Waals surface area contributed by atoms with Crippen LogP contribution in [0.15, 0.2) is 61.2 Å². The van der Waals surface area contributed by atoms with Crippen molar-refractivity contribution in [1.82, 2.24) is 15.3 Å². The highest BCUT2D eigenvalue weighted by Crippen LogP contribution is 2.48. The van der Waals surface area contributed by atoms with Crippen LogP contribution in [-0.2, 0) is 14.3 Å². The van der Waals surface area contributed by atoms with Crippen LogP contribution in [0.1, 0.15) is 36.8 Å². The molecule has 2 atom stereocenters. The standard InChI is InChI=1S/C32H35F3N6O5/c1-21(25-7-9-36-19-27(25)39-11-15-44-16-12-39)31(22(2)26-8-10-37-20-28(26)40-13-17-45-18-14-40)29(42)41(30(43)38-31)23-3-5-24(6-4-23)46-32(33,34)35/h3-10,19-22H,11-18H2,1-2H3,(H,38,43). The van der Waals surface area contributed by atoms with Gasteiger partial charge >= 0.3 is 12.4 Å². The van der Waals surface area contributed by atoms with Gasteiger partial charge in [0.25, 0.3) is 5.91 Å². The zero-order valence-electron chi connectivity index (χ0n) is 25.5. The number of benzene rings is 1. The fraction of sp³-hybridized carbons (Fsp3) is 0.438. The molecule has 0 bridgehead atoms. The number of anilines is 3. The number of pyridine rings is 2. The zero-order valence-corrected chi connectivity index (χ0v) is 25.5. The first-order valence-electron chi connectivity index (χ1n) is 15.2. The number of hydrogen-bond donors (Lipinski definition) is 1. The number of nitrogens with one attached hydrogen (secondary N) is 1. The van der Waals surface area contributed by atoms with Crippen molar-refractivity contribution in [2.45, 2.75) is 37.6 Å². The molecular formula is C32H35F3N6O5. The van der Waals surface area contributed by atoms with Gasteiger partial charge in [-0.05, 0) is 47.5 Å². The Hall–Kier alpha value is -4.43. The number of carbonyl (C=O) groups is 2. The average molecular weight is 641 g/mol. The molecule has 3 aliphatic rings. The Morgan fingerprint density at radius 1 is 0.804 bits per heavy atom. The van der Waals surface area contributed by atoms with Gasteiger partial charge in [-0.2, -0.15) is 0 Å². The van der Waals surface area contributed by atoms with E-state index in [1.54, 1.807) is 24.8 Å². The number of rotatable bonds is 8. The number of imide groups is 1. The van der Waals surface area contributed by atoms with Gasteiger partial charge in [-0.1, -0.05) is 13.8 Å². The van der Waals surface area contributed by atoms with Crippen molar-refractivity contribution in [2.75, 3.05) is 67.3 Å². The Kier molecular flexibility index (Phi) is 8.75. The summed E-state index contributed by atoms with van der Waals surface area (Å²) in [5.41, 5.74) is 1.91. The lowest BCUT2D eigenvalue weighted by Gasteiger charge is -2.42. The molecule has 0 radical (unpaired) electrons. The predicted molar refractivity (Wildman–Crippen MR) is 163 cm³/mol. The van der Waals surface area contributed by atoms with E-state index in [0.717, 1.165) is 39.5 Å². The monoisotopic (exact) mass is 640 g/mol. The molecule has 2 aromatic heterocycles. The fourth-order valence-electron chi connectivity index (χ4n) is 6.71. The SMILES string of the molecule is CC(c1ccncc1N1CCOCC1)C1(C(C)c2ccncc2N2CCOCC2)NC(=O)N(c2ccc(OC(F)(F)F)cc2)C1=O. The number of morpholine rings is 2. The minimum absolute atomic E-state index is 0.115. The molecule has 11 nitrogen and oxygen atoms in total. The molecule has 3 aromatic rings. The van der Waals surface area contributed by atoms with E-state index < -0.39 is 41.4 Å². The van der Waals surface area contributed by atoms with Crippen LogP contribution in [0.4, 0.5) is 35.0 Å². The molecule has 3 aliphatic heterocycles. The van der Waals surface area contributed by atoms with E-state index in [1.165, 1.54) is 12.1 Å². The third-order valence-corrected chi connectivity index (χ3v) is 9.07. The van der Waals surface area contributed by atoms with E-state index in [1.807, 2.05) is 26.0 Å². The Morgan fingerprint density at radius 2 is 1.28 bits per heavy atom. The summed E-state index contributed by atoms with van der Waals surface area (Å²) in [5.74, 6) is -2.15. The Bertz CT molecular complexity index is 1490. The third kappa shape index (κ3) is 5.94. The largest absolute Gasteiger partial charge is 0.573 e. The molecule has 14 heteroatoms. The van der Waals surface area contributed by atoms with Gasteiger partial charge in [0, 0.05) is 50.4 Å². The van der Waals surface area contributed by atoms with Crippen LogP contribution >= 0.6 is 0 Å². The van der Waals surface area contributed by atoms with Gasteiger partial charge in [0.15, 0.2) is 0 Å². The van der Waals surface area contributed by atoms with Gasteiger partial charge in [0.2, 0.25) is 0 Å². The van der Waals surface area contributed by atoms with Gasteiger partial charge in [-0.15, -0.1) is 13.2 Å². The maximum absolute atomic E-state index is 14.9. The summed E-state index contributed by atoms with van der Waals surface area (Å²) in [6.45, 7) is 8.54. The summed E-state index contributed by atoms with van der Waals surface area (Å²) in [4.78, 5) is 42.8. The topological polar surface area (TPSA) is 109 Å². The van der Waals surface area contributed by atoms with Crippen LogP contribution in [0.3, 0.4) is 0 Å². The molecule has 3 fully saturated rings. The Labute approximate surface area is 264 Å². The second-order valence-electron chi connectivity index (χ2n) is 11.5. The predicted octanol–water partition coefficient (Wildman–Crippen LogP) is 4.45. The molecule has 3 saturated heterocycles. The quantitative estimate of drug-likeness (QED) is 0.357. The second-order valence-corrected chi connectivity index (χ2v) is 11.5. The van der Waals surface area contributed by atoms with Gasteiger partial charge in [0.05, 0.1) is 55.9 Å². The molecule has 3 amide bonds. The van der Waals surface area contributed by atoms with E-state index >= 15 is 0 Å². The summed E-state index contributed by atoms with van der Waals surface area (Å²) in [7, 11) is 0. The first-order chi connectivity index (χ1) is 22.1. The highest BCUT2D eigenvalue weighted by Gasteiger charge is 2.59. The van der Waals surface area contributed by atoms with Gasteiger partial charge in [0.1, 0.15) is 11.3 Å². The maximum Gasteiger partial charge on any atom is 0.573 e. The molecule has 5 heterocycles. The minimum Gasteiger partial charge on any atom is -0.406 e. The molecule has 244 valence electrons. The lowest BCUT2D eigenvalue weighted by Crippen LogP contribution is -2.55. The molecular weight excluding hydrogens is 605 g/mol. The average Bonchev–Trinajstić information content (AvgIpc) is 3.34. The highest BCUT2D eigenvalue weighted by atomic mass is 19.4. The first kappa shape index (κ1) is 31.5. The van der Waals surface area contributed by atoms with Gasteiger partial charge < -0.3 is 29.3 Å². The molecule has 0 aliphatic carbocycles. The van der Waals surface area contributed by atoms with Crippen molar-refractivity contribution in [3.63, 3.8) is 0 Å². The van der Waals surface area contributed by atoms with E-state index in [-0.39, 0.29) is 5.69 Å². The number of hydrogen-bond acceptors (Lipinski definition) is 9. The van der Waals surface area contributed by atoms with Crippen LogP contribution in [0.25, 0.3) is 0 Å². The van der Waals surface area contributed by atoms with Gasteiger partial charge in [-0.3, -0.25) is 14.8 Å². The fourth-order valence-corrected chi connectivity index (χ4v) is 6.71. The first-order valence-corrected chi connectivity index (χ1v) is 15.2. The summed E-state index contributed by atoms with van der Waals surface area (Å²) in [5, 5.41) is 3.07. The summed E-state index contributed by atoms with van der Waals surface area (Å²) in [6.07, 6.45) is 1.98. The number of nitrogens with zero attached hydrogens (tertiary/aromatic N) is 5. The number of aromatic nitrogens is 2. The molecule has 0 saturated carbocycles. The van der Waals surface area contributed by atoms with Crippen LogP contribution in [0.5, 0.6) is 5.75 Å². The molecule has 2 unspecified atom stereocenters. The molecule has 1 aromatic carbocycles. The zero-order chi connectivity index (χ0) is 32.5. The maximum atomic E-state index is 14.9. The van der Waals surface area contributed by atoms with Crippen LogP contribution in [-0.4, -0.2) is 86.4 Å². The second kappa shape index (κ2) is 12.8. The summed E-state index contributed by atoms with van der Waals surface area (Å²) < 4.78 is 53.6. The number of alkyl halides is 3. The van der Waals surface area contributed by atoms with Crippen LogP contribution in [0, 0.1) is 0 Å².